The van der Waals surface area contributed by atoms with Gasteiger partial charge < -0.3 is 10.2 Å². The van der Waals surface area contributed by atoms with Crippen LogP contribution in [0.15, 0.2) is 54.6 Å². The van der Waals surface area contributed by atoms with Gasteiger partial charge in [-0.15, -0.1) is 0 Å². The summed E-state index contributed by atoms with van der Waals surface area (Å²) in [4.78, 5) is 26.9. The molecule has 3 rings (SSSR count). The minimum absolute atomic E-state index is 0.00620. The van der Waals surface area contributed by atoms with E-state index in [9.17, 15) is 9.59 Å². The number of hydrogen-bond acceptors (Lipinski definition) is 2. The average molecular weight is 350 g/mol. The summed E-state index contributed by atoms with van der Waals surface area (Å²) < 4.78 is 0. The predicted molar refractivity (Wildman–Crippen MR) is 103 cm³/mol. The zero-order valence-electron chi connectivity index (χ0n) is 15.3. The van der Waals surface area contributed by atoms with Crippen LogP contribution in [0.2, 0.25) is 0 Å². The van der Waals surface area contributed by atoms with E-state index in [-0.39, 0.29) is 17.7 Å². The Hall–Kier alpha value is -2.62. The van der Waals surface area contributed by atoms with E-state index in [1.165, 1.54) is 5.56 Å². The lowest BCUT2D eigenvalue weighted by molar-refractivity contribution is -0.126. The van der Waals surface area contributed by atoms with E-state index in [0.29, 0.717) is 19.6 Å². The summed E-state index contributed by atoms with van der Waals surface area (Å²) in [5.41, 5.74) is 2.99. The maximum atomic E-state index is 12.7. The number of hydrogen-bond donors (Lipinski definition) is 1. The molecule has 0 aromatic heterocycles. The molecule has 0 saturated carbocycles. The van der Waals surface area contributed by atoms with Gasteiger partial charge in [0.1, 0.15) is 0 Å². The van der Waals surface area contributed by atoms with Crippen molar-refractivity contribution in [3.05, 3.63) is 71.3 Å². The van der Waals surface area contributed by atoms with Gasteiger partial charge in [0.2, 0.25) is 5.91 Å². The Bertz CT molecular complexity index is 750. The molecule has 0 spiro atoms. The summed E-state index contributed by atoms with van der Waals surface area (Å²) in [6.45, 7) is 3.90. The van der Waals surface area contributed by atoms with Crippen LogP contribution >= 0.6 is 0 Å². The molecule has 2 aromatic rings. The number of rotatable bonds is 5. The molecule has 1 aliphatic heterocycles. The van der Waals surface area contributed by atoms with Crippen LogP contribution in [0.25, 0.3) is 0 Å². The zero-order chi connectivity index (χ0) is 18.4. The molecule has 1 fully saturated rings. The molecule has 136 valence electrons. The van der Waals surface area contributed by atoms with E-state index < -0.39 is 0 Å². The first-order valence-corrected chi connectivity index (χ1v) is 9.31. The van der Waals surface area contributed by atoms with Crippen LogP contribution < -0.4 is 5.32 Å². The standard InChI is InChI=1S/C22H26N2O2/c1-17-7-5-6-10-20(17)22(26)24-15-12-19(13-16-24)21(25)23-14-11-18-8-3-2-4-9-18/h2-10,19H,11-16H2,1H3,(H,23,25). The lowest BCUT2D eigenvalue weighted by Gasteiger charge is -2.31. The van der Waals surface area contributed by atoms with Crippen molar-refractivity contribution in [2.45, 2.75) is 26.2 Å². The summed E-state index contributed by atoms with van der Waals surface area (Å²) >= 11 is 0. The van der Waals surface area contributed by atoms with Crippen molar-refractivity contribution in [1.29, 1.82) is 0 Å². The summed E-state index contributed by atoms with van der Waals surface area (Å²) in [6, 6.07) is 17.8. The smallest absolute Gasteiger partial charge is 0.254 e. The second-order valence-electron chi connectivity index (χ2n) is 6.91. The lowest BCUT2D eigenvalue weighted by atomic mass is 9.95. The van der Waals surface area contributed by atoms with Gasteiger partial charge in [0, 0.05) is 31.1 Å². The molecule has 0 radical (unpaired) electrons. The number of nitrogens with zero attached hydrogens (tertiary/aromatic N) is 1. The molecule has 4 heteroatoms. The Labute approximate surface area is 155 Å². The molecule has 2 amide bonds. The maximum absolute atomic E-state index is 12.7. The Morgan fingerprint density at radius 3 is 2.35 bits per heavy atom. The van der Waals surface area contributed by atoms with E-state index in [1.807, 2.05) is 54.3 Å². The van der Waals surface area contributed by atoms with Crippen molar-refractivity contribution in [2.75, 3.05) is 19.6 Å². The van der Waals surface area contributed by atoms with Crippen LogP contribution in [0.3, 0.4) is 0 Å². The van der Waals surface area contributed by atoms with Crippen LogP contribution in [0.4, 0.5) is 0 Å². The number of carbonyl (C=O) groups is 2. The lowest BCUT2D eigenvalue weighted by Crippen LogP contribution is -2.43. The van der Waals surface area contributed by atoms with Crippen molar-refractivity contribution in [3.63, 3.8) is 0 Å². The first kappa shape index (κ1) is 18.2. The third-order valence-electron chi connectivity index (χ3n) is 5.08. The first-order valence-electron chi connectivity index (χ1n) is 9.31. The molecule has 1 saturated heterocycles. The van der Waals surface area contributed by atoms with Gasteiger partial charge in [0.15, 0.2) is 0 Å². The molecular weight excluding hydrogens is 324 g/mol. The highest BCUT2D eigenvalue weighted by Crippen LogP contribution is 2.20. The second kappa shape index (κ2) is 8.65. The van der Waals surface area contributed by atoms with Crippen LogP contribution in [0, 0.1) is 12.8 Å². The summed E-state index contributed by atoms with van der Waals surface area (Å²) in [6.07, 6.45) is 2.31. The van der Waals surface area contributed by atoms with E-state index in [4.69, 9.17) is 0 Å². The molecule has 4 nitrogen and oxygen atoms in total. The Kier molecular flexibility index (Phi) is 6.05. The molecule has 1 N–H and O–H groups in total. The largest absolute Gasteiger partial charge is 0.356 e. The van der Waals surface area contributed by atoms with Gasteiger partial charge in [-0.2, -0.15) is 0 Å². The molecule has 0 aliphatic carbocycles. The normalized spacial score (nSPS) is 14.9. The molecular formula is C22H26N2O2. The van der Waals surface area contributed by atoms with Crippen LogP contribution in [0.5, 0.6) is 0 Å². The summed E-state index contributed by atoms with van der Waals surface area (Å²) in [7, 11) is 0. The van der Waals surface area contributed by atoms with Gasteiger partial charge in [0.25, 0.3) is 5.91 Å². The van der Waals surface area contributed by atoms with Crippen molar-refractivity contribution in [2.24, 2.45) is 5.92 Å². The predicted octanol–water partition coefficient (Wildman–Crippen LogP) is 3.21. The minimum atomic E-state index is 0.00620. The Morgan fingerprint density at radius 1 is 1.00 bits per heavy atom. The third kappa shape index (κ3) is 4.51. The fourth-order valence-electron chi connectivity index (χ4n) is 3.45. The van der Waals surface area contributed by atoms with Crippen LogP contribution in [0.1, 0.15) is 34.3 Å². The molecule has 26 heavy (non-hydrogen) atoms. The van der Waals surface area contributed by atoms with Gasteiger partial charge in [-0.05, 0) is 43.4 Å². The highest BCUT2D eigenvalue weighted by molar-refractivity contribution is 5.95. The molecule has 2 aromatic carbocycles. The second-order valence-corrected chi connectivity index (χ2v) is 6.91. The fraction of sp³-hybridized carbons (Fsp3) is 0.364. The quantitative estimate of drug-likeness (QED) is 0.900. The number of aryl methyl sites for hydroxylation is 1. The fourth-order valence-corrected chi connectivity index (χ4v) is 3.45. The van der Waals surface area contributed by atoms with Crippen molar-refractivity contribution >= 4 is 11.8 Å². The highest BCUT2D eigenvalue weighted by Gasteiger charge is 2.28. The molecule has 0 bridgehead atoms. The average Bonchev–Trinajstić information content (AvgIpc) is 2.69. The molecule has 1 heterocycles. The minimum Gasteiger partial charge on any atom is -0.356 e. The van der Waals surface area contributed by atoms with Crippen molar-refractivity contribution in [3.8, 4) is 0 Å². The summed E-state index contributed by atoms with van der Waals surface area (Å²) in [5, 5.41) is 3.04. The molecule has 0 atom stereocenters. The number of amides is 2. The number of carbonyl (C=O) groups excluding carboxylic acids is 2. The maximum Gasteiger partial charge on any atom is 0.254 e. The monoisotopic (exact) mass is 350 g/mol. The van der Waals surface area contributed by atoms with Gasteiger partial charge in [-0.1, -0.05) is 48.5 Å². The SMILES string of the molecule is Cc1ccccc1C(=O)N1CCC(C(=O)NCCc2ccccc2)CC1. The highest BCUT2D eigenvalue weighted by atomic mass is 16.2. The van der Waals surface area contributed by atoms with Gasteiger partial charge in [-0.3, -0.25) is 9.59 Å². The molecule has 0 unspecified atom stereocenters. The van der Waals surface area contributed by atoms with E-state index in [2.05, 4.69) is 17.4 Å². The number of likely N-dealkylation sites (tertiary alicyclic amines) is 1. The number of piperidine rings is 1. The zero-order valence-corrected chi connectivity index (χ0v) is 15.3. The molecule has 1 aliphatic rings. The van der Waals surface area contributed by atoms with Gasteiger partial charge in [0.05, 0.1) is 0 Å². The third-order valence-corrected chi connectivity index (χ3v) is 5.08. The number of nitrogens with one attached hydrogen (secondary N) is 1. The van der Waals surface area contributed by atoms with Crippen LogP contribution in [-0.4, -0.2) is 36.3 Å². The summed E-state index contributed by atoms with van der Waals surface area (Å²) in [5.74, 6) is 0.196. The first-order chi connectivity index (χ1) is 12.6. The van der Waals surface area contributed by atoms with Gasteiger partial charge in [-0.25, -0.2) is 0 Å². The van der Waals surface area contributed by atoms with Crippen LogP contribution in [-0.2, 0) is 11.2 Å². The van der Waals surface area contributed by atoms with Gasteiger partial charge >= 0.3 is 0 Å². The van der Waals surface area contributed by atoms with E-state index in [1.54, 1.807) is 0 Å². The Morgan fingerprint density at radius 2 is 1.65 bits per heavy atom. The van der Waals surface area contributed by atoms with E-state index >= 15 is 0 Å². The number of benzene rings is 2. The van der Waals surface area contributed by atoms with Crippen molar-refractivity contribution < 1.29 is 9.59 Å². The topological polar surface area (TPSA) is 49.4 Å². The van der Waals surface area contributed by atoms with Crippen molar-refractivity contribution in [1.82, 2.24) is 10.2 Å². The Balaban J connectivity index is 1.45. The van der Waals surface area contributed by atoms with E-state index in [0.717, 1.165) is 30.4 Å².